The van der Waals surface area contributed by atoms with E-state index in [1.54, 1.807) is 0 Å². The molecule has 0 saturated carbocycles. The van der Waals surface area contributed by atoms with Gasteiger partial charge in [-0.05, 0) is 91.0 Å². The van der Waals surface area contributed by atoms with Crippen LogP contribution in [0.3, 0.4) is 0 Å². The molecule has 0 atom stereocenters. The lowest BCUT2D eigenvalue weighted by molar-refractivity contribution is -0.140. The zero-order valence-corrected chi connectivity index (χ0v) is 22.7. The van der Waals surface area contributed by atoms with E-state index in [0.717, 1.165) is 0 Å². The van der Waals surface area contributed by atoms with Gasteiger partial charge in [0, 0.05) is 0 Å². The van der Waals surface area contributed by atoms with Gasteiger partial charge in [-0.2, -0.15) is 65.9 Å². The minimum absolute atomic E-state index is 0.0607. The van der Waals surface area contributed by atoms with E-state index < -0.39 is 87.2 Å². The summed E-state index contributed by atoms with van der Waals surface area (Å²) in [5.74, 6) is 0. The predicted molar refractivity (Wildman–Crippen MR) is 136 cm³/mol. The lowest BCUT2D eigenvalue weighted by Gasteiger charge is -2.30. The van der Waals surface area contributed by atoms with E-state index in [2.05, 4.69) is 0 Å². The van der Waals surface area contributed by atoms with E-state index >= 15 is 0 Å². The van der Waals surface area contributed by atoms with Crippen LogP contribution in [0.1, 0.15) is 27.8 Å². The van der Waals surface area contributed by atoms with Crippen LogP contribution < -0.4 is 21.2 Å². The topological polar surface area (TPSA) is 0 Å². The van der Waals surface area contributed by atoms with Crippen molar-refractivity contribution in [2.75, 3.05) is 0 Å². The van der Waals surface area contributed by atoms with Crippen molar-refractivity contribution in [1.29, 1.82) is 0 Å². The molecule has 0 unspecified atom stereocenters. The maximum Gasteiger partial charge on any atom is 0.420 e. The van der Waals surface area contributed by atoms with Crippen molar-refractivity contribution < 1.29 is 65.9 Å². The van der Waals surface area contributed by atoms with Gasteiger partial charge in [0.05, 0.1) is 27.8 Å². The SMILES string of the molecule is FC(F)(F)c1ccc([P+](c2ccc(C(F)(F)F)cc2)(c2ccc(C(F)(F)F)cc2)c2cc(C(F)(F)F)ccc2C(F)(F)F)cc1. The first kappa shape index (κ1) is 34.1. The number of alkyl halides is 15. The van der Waals surface area contributed by atoms with Gasteiger partial charge >= 0.3 is 30.9 Å². The second-order valence-corrected chi connectivity index (χ2v) is 12.9. The molecule has 0 aromatic heterocycles. The molecule has 4 aromatic rings. The number of hydrogen-bond donors (Lipinski definition) is 0. The lowest BCUT2D eigenvalue weighted by Crippen LogP contribution is -2.42. The Hall–Kier alpha value is -3.74. The average Bonchev–Trinajstić information content (AvgIpc) is 2.92. The first-order valence-electron chi connectivity index (χ1n) is 12.2. The van der Waals surface area contributed by atoms with Crippen LogP contribution in [-0.4, -0.2) is 0 Å². The fraction of sp³-hybridized carbons (Fsp3) is 0.172. The Labute approximate surface area is 244 Å². The van der Waals surface area contributed by atoms with Crippen LogP contribution >= 0.6 is 7.26 Å². The highest BCUT2D eigenvalue weighted by Gasteiger charge is 2.54. The summed E-state index contributed by atoms with van der Waals surface area (Å²) in [6.07, 6.45) is -25.7. The Balaban J connectivity index is 2.26. The molecule has 0 heterocycles. The summed E-state index contributed by atoms with van der Waals surface area (Å²) in [5, 5.41) is -2.75. The Morgan fingerprint density at radius 1 is 0.311 bits per heavy atom. The Morgan fingerprint density at radius 3 is 0.822 bits per heavy atom. The lowest BCUT2D eigenvalue weighted by atomic mass is 10.1. The zero-order chi connectivity index (χ0) is 33.8. The molecule has 0 radical (unpaired) electrons. The van der Waals surface area contributed by atoms with E-state index in [-0.39, 0.29) is 18.2 Å². The normalized spacial score (nSPS) is 13.7. The third-order valence-electron chi connectivity index (χ3n) is 6.74. The van der Waals surface area contributed by atoms with Crippen molar-refractivity contribution in [3.63, 3.8) is 0 Å². The summed E-state index contributed by atoms with van der Waals surface area (Å²) >= 11 is 0. The van der Waals surface area contributed by atoms with Crippen LogP contribution in [0.15, 0.2) is 91.0 Å². The van der Waals surface area contributed by atoms with E-state index in [1.807, 2.05) is 0 Å². The molecule has 0 spiro atoms. The molecule has 0 nitrogen and oxygen atoms in total. The molecule has 0 N–H and O–H groups in total. The monoisotopic (exact) mass is 679 g/mol. The minimum Gasteiger partial charge on any atom is -0.166 e. The van der Waals surface area contributed by atoms with Crippen molar-refractivity contribution in [2.45, 2.75) is 30.9 Å². The van der Waals surface area contributed by atoms with Gasteiger partial charge < -0.3 is 0 Å². The van der Waals surface area contributed by atoms with E-state index in [9.17, 15) is 65.9 Å². The standard InChI is InChI=1S/C29H15F15P/c30-25(31,32)16-1-8-20(9-2-16)45(21-10-3-17(4-11-21)26(33,34)35,22-12-5-18(6-13-22)27(36,37)38)24-15-19(28(39,40)41)7-14-23(24)29(42,43)44/h1-15H/q+1. The second kappa shape index (κ2) is 11.3. The maximum atomic E-state index is 14.5. The Morgan fingerprint density at radius 2 is 0.578 bits per heavy atom. The van der Waals surface area contributed by atoms with E-state index in [4.69, 9.17) is 0 Å². The van der Waals surface area contributed by atoms with Gasteiger partial charge in [0.1, 0.15) is 28.5 Å². The molecule has 0 aliphatic carbocycles. The molecule has 16 heteroatoms. The quantitative estimate of drug-likeness (QED) is 0.149. The average molecular weight is 679 g/mol. The molecular formula is C29H15F15P+. The van der Waals surface area contributed by atoms with E-state index in [0.29, 0.717) is 72.8 Å². The first-order chi connectivity index (χ1) is 20.5. The molecule has 0 bridgehead atoms. The van der Waals surface area contributed by atoms with Gasteiger partial charge in [-0.1, -0.05) is 0 Å². The Bertz CT molecular complexity index is 1500. The highest BCUT2D eigenvalue weighted by molar-refractivity contribution is 8.01. The van der Waals surface area contributed by atoms with Crippen molar-refractivity contribution in [2.24, 2.45) is 0 Å². The summed E-state index contributed by atoms with van der Waals surface area (Å²) in [7, 11) is -4.67. The van der Waals surface area contributed by atoms with Gasteiger partial charge in [-0.15, -0.1) is 0 Å². The highest BCUT2D eigenvalue weighted by atomic mass is 31.2. The van der Waals surface area contributed by atoms with Crippen molar-refractivity contribution in [3.8, 4) is 0 Å². The third-order valence-corrected chi connectivity index (χ3v) is 11.0. The van der Waals surface area contributed by atoms with Crippen LogP contribution in [0.2, 0.25) is 0 Å². The molecule has 240 valence electrons. The van der Waals surface area contributed by atoms with Crippen molar-refractivity contribution >= 4 is 28.5 Å². The smallest absolute Gasteiger partial charge is 0.166 e. The fourth-order valence-corrected chi connectivity index (χ4v) is 9.12. The van der Waals surface area contributed by atoms with Crippen molar-refractivity contribution in [3.05, 3.63) is 119 Å². The minimum atomic E-state index is -5.44. The highest BCUT2D eigenvalue weighted by Crippen LogP contribution is 2.57. The summed E-state index contributed by atoms with van der Waals surface area (Å²) in [6, 6.07) is 6.51. The van der Waals surface area contributed by atoms with Gasteiger partial charge in [0.25, 0.3) is 0 Å². The molecule has 0 amide bonds. The summed E-state index contributed by atoms with van der Waals surface area (Å²) in [5.41, 5.74) is -7.37. The molecule has 0 aliphatic rings. The van der Waals surface area contributed by atoms with Gasteiger partial charge in [0.15, 0.2) is 0 Å². The largest absolute Gasteiger partial charge is 0.420 e. The van der Waals surface area contributed by atoms with Crippen LogP contribution in [0.25, 0.3) is 0 Å². The zero-order valence-electron chi connectivity index (χ0n) is 21.8. The number of rotatable bonds is 4. The molecule has 4 aromatic carbocycles. The molecule has 45 heavy (non-hydrogen) atoms. The van der Waals surface area contributed by atoms with Crippen LogP contribution in [0.4, 0.5) is 65.9 Å². The van der Waals surface area contributed by atoms with Crippen molar-refractivity contribution in [1.82, 2.24) is 0 Å². The van der Waals surface area contributed by atoms with Crippen LogP contribution in [0, 0.1) is 0 Å². The molecule has 0 aliphatic heterocycles. The molecule has 0 saturated heterocycles. The van der Waals surface area contributed by atoms with Gasteiger partial charge in [-0.25, -0.2) is 0 Å². The van der Waals surface area contributed by atoms with Crippen LogP contribution in [0.5, 0.6) is 0 Å². The second-order valence-electron chi connectivity index (χ2n) is 9.53. The number of halogens is 15. The van der Waals surface area contributed by atoms with Gasteiger partial charge in [-0.3, -0.25) is 0 Å². The van der Waals surface area contributed by atoms with E-state index in [1.165, 1.54) is 0 Å². The number of benzene rings is 4. The summed E-state index contributed by atoms with van der Waals surface area (Å²) in [6.45, 7) is 0. The van der Waals surface area contributed by atoms with Crippen LogP contribution in [-0.2, 0) is 30.9 Å². The molecule has 4 rings (SSSR count). The first-order valence-corrected chi connectivity index (χ1v) is 14.0. The third kappa shape index (κ3) is 6.78. The predicted octanol–water partition coefficient (Wildman–Crippen LogP) is 9.40. The summed E-state index contributed by atoms with van der Waals surface area (Å²) in [4.78, 5) is 0. The fourth-order valence-electron chi connectivity index (χ4n) is 4.71. The molecule has 0 fully saturated rings. The van der Waals surface area contributed by atoms with Gasteiger partial charge in [0.2, 0.25) is 0 Å². The summed E-state index contributed by atoms with van der Waals surface area (Å²) < 4.78 is 206. The molecular weight excluding hydrogens is 664 g/mol. The Kier molecular flexibility index (Phi) is 8.54. The maximum absolute atomic E-state index is 14.5. The number of hydrogen-bond acceptors (Lipinski definition) is 0.